The van der Waals surface area contributed by atoms with Crippen LogP contribution in [-0.4, -0.2) is 11.1 Å². The summed E-state index contributed by atoms with van der Waals surface area (Å²) in [7, 11) is 0. The van der Waals surface area contributed by atoms with E-state index >= 15 is 0 Å². The molecule has 0 fully saturated rings. The number of halogens is 2. The van der Waals surface area contributed by atoms with Crippen molar-refractivity contribution >= 4 is 5.97 Å². The van der Waals surface area contributed by atoms with Gasteiger partial charge in [0.25, 0.3) is 0 Å². The van der Waals surface area contributed by atoms with Crippen LogP contribution in [0.25, 0.3) is 0 Å². The monoisotopic (exact) mass is 264 g/mol. The topological polar surface area (TPSA) is 46.5 Å². The zero-order valence-corrected chi connectivity index (χ0v) is 9.98. The molecular weight excluding hydrogens is 254 g/mol. The van der Waals surface area contributed by atoms with Crippen molar-refractivity contribution in [2.75, 3.05) is 0 Å². The van der Waals surface area contributed by atoms with Gasteiger partial charge in [-0.2, -0.15) is 0 Å². The Morgan fingerprint density at radius 3 is 2.58 bits per heavy atom. The summed E-state index contributed by atoms with van der Waals surface area (Å²) >= 11 is 0. The molecule has 0 unspecified atom stereocenters. The van der Waals surface area contributed by atoms with E-state index in [0.29, 0.717) is 5.56 Å². The van der Waals surface area contributed by atoms with Crippen molar-refractivity contribution in [2.24, 2.45) is 0 Å². The molecule has 98 valence electrons. The average molecular weight is 264 g/mol. The van der Waals surface area contributed by atoms with Gasteiger partial charge in [-0.15, -0.1) is 0 Å². The molecule has 3 nitrogen and oxygen atoms in total. The maximum atomic E-state index is 13.6. The molecule has 2 aromatic carbocycles. The predicted octanol–water partition coefficient (Wildman–Crippen LogP) is 3.76. The summed E-state index contributed by atoms with van der Waals surface area (Å²) < 4.78 is 32.2. The number of aromatic carboxylic acids is 1. The summed E-state index contributed by atoms with van der Waals surface area (Å²) in [5.74, 6) is -3.61. The van der Waals surface area contributed by atoms with E-state index < -0.39 is 23.4 Å². The van der Waals surface area contributed by atoms with Gasteiger partial charge < -0.3 is 9.84 Å². The van der Waals surface area contributed by atoms with Crippen LogP contribution in [0.3, 0.4) is 0 Å². The fraction of sp³-hybridized carbons (Fsp3) is 0.0714. The maximum Gasteiger partial charge on any atom is 0.339 e. The van der Waals surface area contributed by atoms with Gasteiger partial charge in [0.05, 0.1) is 0 Å². The lowest BCUT2D eigenvalue weighted by Gasteiger charge is -2.10. The molecule has 2 rings (SSSR count). The van der Waals surface area contributed by atoms with Gasteiger partial charge in [-0.25, -0.2) is 13.6 Å². The highest BCUT2D eigenvalue weighted by atomic mass is 19.1. The van der Waals surface area contributed by atoms with Crippen molar-refractivity contribution in [3.63, 3.8) is 0 Å². The molecule has 5 heteroatoms. The third kappa shape index (κ3) is 2.70. The second-order valence-corrected chi connectivity index (χ2v) is 3.96. The number of rotatable bonds is 3. The highest BCUT2D eigenvalue weighted by Crippen LogP contribution is 2.30. The van der Waals surface area contributed by atoms with Crippen LogP contribution in [0.4, 0.5) is 8.78 Å². The number of hydrogen-bond donors (Lipinski definition) is 1. The van der Waals surface area contributed by atoms with Crippen molar-refractivity contribution < 1.29 is 23.4 Å². The second kappa shape index (κ2) is 5.06. The molecule has 0 spiro atoms. The van der Waals surface area contributed by atoms with Crippen LogP contribution in [0.2, 0.25) is 0 Å². The molecule has 0 atom stereocenters. The molecule has 0 heterocycles. The number of carbonyl (C=O) groups is 1. The van der Waals surface area contributed by atoms with Gasteiger partial charge in [-0.1, -0.05) is 12.1 Å². The third-order valence-electron chi connectivity index (χ3n) is 2.50. The normalized spacial score (nSPS) is 10.3. The number of carboxylic acid groups (broad SMARTS) is 1. The minimum Gasteiger partial charge on any atom is -0.478 e. The van der Waals surface area contributed by atoms with Gasteiger partial charge in [-0.05, 0) is 36.8 Å². The minimum atomic E-state index is -1.34. The first kappa shape index (κ1) is 13.0. The Morgan fingerprint density at radius 1 is 1.16 bits per heavy atom. The van der Waals surface area contributed by atoms with Crippen LogP contribution in [0.1, 0.15) is 15.9 Å². The van der Waals surface area contributed by atoms with E-state index in [1.54, 1.807) is 6.92 Å². The van der Waals surface area contributed by atoms with Crippen molar-refractivity contribution in [1.29, 1.82) is 0 Å². The molecule has 0 aromatic heterocycles. The Balaban J connectivity index is 2.49. The number of aryl methyl sites for hydroxylation is 1. The van der Waals surface area contributed by atoms with Gasteiger partial charge >= 0.3 is 5.97 Å². The molecule has 0 aliphatic carbocycles. The van der Waals surface area contributed by atoms with Gasteiger partial charge in [0.2, 0.25) is 0 Å². The predicted molar refractivity (Wildman–Crippen MR) is 64.6 cm³/mol. The van der Waals surface area contributed by atoms with E-state index in [1.165, 1.54) is 30.3 Å². The number of para-hydroxylation sites is 1. The highest BCUT2D eigenvalue weighted by Gasteiger charge is 2.17. The fourth-order valence-corrected chi connectivity index (χ4v) is 1.58. The SMILES string of the molecule is Cc1ccc(F)c(Oc2c(F)cccc2C(=O)O)c1. The van der Waals surface area contributed by atoms with Crippen molar-refractivity contribution in [2.45, 2.75) is 6.92 Å². The second-order valence-electron chi connectivity index (χ2n) is 3.96. The third-order valence-corrected chi connectivity index (χ3v) is 2.50. The van der Waals surface area contributed by atoms with Crippen LogP contribution in [0.15, 0.2) is 36.4 Å². The number of carboxylic acids is 1. The Bertz CT molecular complexity index is 639. The summed E-state index contributed by atoms with van der Waals surface area (Å²) in [4.78, 5) is 11.0. The van der Waals surface area contributed by atoms with E-state index in [0.717, 1.165) is 6.07 Å². The first-order valence-corrected chi connectivity index (χ1v) is 5.45. The smallest absolute Gasteiger partial charge is 0.339 e. The molecule has 0 bridgehead atoms. The van der Waals surface area contributed by atoms with Crippen LogP contribution in [0.5, 0.6) is 11.5 Å². The maximum absolute atomic E-state index is 13.6. The lowest BCUT2D eigenvalue weighted by atomic mass is 10.2. The molecule has 2 aromatic rings. The molecular formula is C14H10F2O3. The highest BCUT2D eigenvalue weighted by molar-refractivity contribution is 5.91. The Kier molecular flexibility index (Phi) is 3.46. The van der Waals surface area contributed by atoms with E-state index in [4.69, 9.17) is 9.84 Å². The minimum absolute atomic E-state index is 0.215. The molecule has 1 N–H and O–H groups in total. The molecule has 0 aliphatic rings. The quantitative estimate of drug-likeness (QED) is 0.918. The van der Waals surface area contributed by atoms with Crippen LogP contribution >= 0.6 is 0 Å². The zero-order chi connectivity index (χ0) is 14.0. The molecule has 0 saturated carbocycles. The summed E-state index contributed by atoms with van der Waals surface area (Å²) in [5, 5.41) is 8.95. The van der Waals surface area contributed by atoms with E-state index in [-0.39, 0.29) is 11.3 Å². The van der Waals surface area contributed by atoms with Crippen molar-refractivity contribution in [3.05, 3.63) is 59.2 Å². The number of hydrogen-bond acceptors (Lipinski definition) is 2. The number of benzene rings is 2. The zero-order valence-electron chi connectivity index (χ0n) is 9.98. The first-order valence-electron chi connectivity index (χ1n) is 5.45. The van der Waals surface area contributed by atoms with Crippen molar-refractivity contribution in [3.8, 4) is 11.5 Å². The Morgan fingerprint density at radius 2 is 1.89 bits per heavy atom. The van der Waals surface area contributed by atoms with Crippen LogP contribution in [0, 0.1) is 18.6 Å². The standard InChI is InChI=1S/C14H10F2O3/c1-8-5-6-10(15)12(7-8)19-13-9(14(17)18)3-2-4-11(13)16/h2-7H,1H3,(H,17,18). The van der Waals surface area contributed by atoms with E-state index in [2.05, 4.69) is 0 Å². The Labute approximate surface area is 108 Å². The number of ether oxygens (including phenoxy) is 1. The van der Waals surface area contributed by atoms with Gasteiger partial charge in [-0.3, -0.25) is 0 Å². The molecule has 0 saturated heterocycles. The lowest BCUT2D eigenvalue weighted by molar-refractivity contribution is 0.0693. The summed E-state index contributed by atoms with van der Waals surface area (Å²) in [5.41, 5.74) is 0.352. The van der Waals surface area contributed by atoms with E-state index in [1.807, 2.05) is 0 Å². The summed E-state index contributed by atoms with van der Waals surface area (Å²) in [6, 6.07) is 7.56. The Hall–Kier alpha value is -2.43. The van der Waals surface area contributed by atoms with Gasteiger partial charge in [0.1, 0.15) is 5.56 Å². The average Bonchev–Trinajstić information content (AvgIpc) is 2.35. The fourth-order valence-electron chi connectivity index (χ4n) is 1.58. The van der Waals surface area contributed by atoms with Crippen LogP contribution < -0.4 is 4.74 Å². The van der Waals surface area contributed by atoms with Gasteiger partial charge in [0.15, 0.2) is 23.1 Å². The van der Waals surface area contributed by atoms with Crippen molar-refractivity contribution in [1.82, 2.24) is 0 Å². The van der Waals surface area contributed by atoms with E-state index in [9.17, 15) is 13.6 Å². The van der Waals surface area contributed by atoms with Gasteiger partial charge in [0, 0.05) is 0 Å². The molecule has 0 radical (unpaired) electrons. The molecule has 19 heavy (non-hydrogen) atoms. The first-order chi connectivity index (χ1) is 8.99. The lowest BCUT2D eigenvalue weighted by Crippen LogP contribution is -2.02. The van der Waals surface area contributed by atoms with Crippen LogP contribution in [-0.2, 0) is 0 Å². The largest absolute Gasteiger partial charge is 0.478 e. The molecule has 0 amide bonds. The molecule has 0 aliphatic heterocycles. The summed E-state index contributed by atoms with van der Waals surface area (Å²) in [6.45, 7) is 1.71. The summed E-state index contributed by atoms with van der Waals surface area (Å²) in [6.07, 6.45) is 0.